The molecule has 1 amide bonds. The van der Waals surface area contributed by atoms with Crippen LogP contribution in [0.15, 0.2) is 0 Å². The topological polar surface area (TPSA) is 75.7 Å². The molecule has 0 atom stereocenters. The molecule has 7 heteroatoms. The molecule has 2 fully saturated rings. The van der Waals surface area contributed by atoms with Crippen LogP contribution in [0.3, 0.4) is 0 Å². The van der Waals surface area contributed by atoms with Crippen LogP contribution in [-0.4, -0.2) is 50.4 Å². The van der Waals surface area contributed by atoms with Crippen molar-refractivity contribution in [1.82, 2.24) is 9.62 Å². The van der Waals surface area contributed by atoms with E-state index >= 15 is 0 Å². The predicted molar refractivity (Wildman–Crippen MR) is 89.7 cm³/mol. The van der Waals surface area contributed by atoms with Gasteiger partial charge in [-0.2, -0.15) is 0 Å². The number of nitrogens with zero attached hydrogens (tertiary/aromatic N) is 1. The Balaban J connectivity index is 1.73. The molecule has 6 nitrogen and oxygen atoms in total. The minimum atomic E-state index is -3.10. The number of hydrogen-bond donors (Lipinski definition) is 1. The van der Waals surface area contributed by atoms with Gasteiger partial charge in [-0.15, -0.1) is 0 Å². The minimum absolute atomic E-state index is 0.133. The van der Waals surface area contributed by atoms with Gasteiger partial charge in [0, 0.05) is 25.0 Å². The van der Waals surface area contributed by atoms with Crippen LogP contribution in [0.1, 0.15) is 53.4 Å². The number of amides is 1. The number of rotatable bonds is 4. The van der Waals surface area contributed by atoms with Gasteiger partial charge in [-0.05, 0) is 59.3 Å². The van der Waals surface area contributed by atoms with Crippen LogP contribution >= 0.6 is 0 Å². The molecular formula is C16H30N2O4S. The molecule has 1 heterocycles. The fourth-order valence-electron chi connectivity index (χ4n) is 3.38. The summed E-state index contributed by atoms with van der Waals surface area (Å²) < 4.78 is 31.1. The Kier molecular flexibility index (Phi) is 5.31. The van der Waals surface area contributed by atoms with Crippen LogP contribution < -0.4 is 4.72 Å². The van der Waals surface area contributed by atoms with Crippen molar-refractivity contribution in [2.45, 2.75) is 59.0 Å². The molecule has 1 spiro atoms. The summed E-state index contributed by atoms with van der Waals surface area (Å²) in [6, 6.07) is 0. The first kappa shape index (κ1) is 18.5. The summed E-state index contributed by atoms with van der Waals surface area (Å²) in [4.78, 5) is 13.8. The lowest BCUT2D eigenvalue weighted by Gasteiger charge is -2.53. The van der Waals surface area contributed by atoms with E-state index in [0.29, 0.717) is 12.5 Å². The van der Waals surface area contributed by atoms with Crippen molar-refractivity contribution in [3.8, 4) is 0 Å². The van der Waals surface area contributed by atoms with Crippen LogP contribution in [0, 0.1) is 11.3 Å². The van der Waals surface area contributed by atoms with Crippen LogP contribution in [0.2, 0.25) is 0 Å². The predicted octanol–water partition coefficient (Wildman–Crippen LogP) is 2.35. The number of carbonyl (C=O) groups is 1. The quantitative estimate of drug-likeness (QED) is 0.848. The Hall–Kier alpha value is -0.820. The molecule has 23 heavy (non-hydrogen) atoms. The van der Waals surface area contributed by atoms with Crippen molar-refractivity contribution in [1.29, 1.82) is 0 Å². The lowest BCUT2D eigenvalue weighted by molar-refractivity contribution is -0.0539. The Morgan fingerprint density at radius 1 is 1.26 bits per heavy atom. The van der Waals surface area contributed by atoms with Gasteiger partial charge in [0.25, 0.3) is 0 Å². The normalized spacial score (nSPS) is 22.0. The van der Waals surface area contributed by atoms with E-state index in [-0.39, 0.29) is 17.3 Å². The van der Waals surface area contributed by atoms with Crippen molar-refractivity contribution in [3.63, 3.8) is 0 Å². The van der Waals surface area contributed by atoms with E-state index in [2.05, 4.69) is 4.72 Å². The van der Waals surface area contributed by atoms with E-state index in [0.717, 1.165) is 38.8 Å². The largest absolute Gasteiger partial charge is 0.444 e. The molecule has 2 aliphatic rings. The Morgan fingerprint density at radius 2 is 1.83 bits per heavy atom. The number of likely N-dealkylation sites (tertiary alicyclic amines) is 1. The lowest BCUT2D eigenvalue weighted by Crippen LogP contribution is -2.60. The summed E-state index contributed by atoms with van der Waals surface area (Å²) in [6.07, 6.45) is 3.94. The molecule has 134 valence electrons. The zero-order chi connectivity index (χ0) is 17.3. The van der Waals surface area contributed by atoms with Crippen LogP contribution in [0.25, 0.3) is 0 Å². The first-order valence-electron chi connectivity index (χ1n) is 8.49. The van der Waals surface area contributed by atoms with E-state index in [1.807, 2.05) is 20.8 Å². The standard InChI is InChI=1S/C16H30N2O4S/c1-5-23(20,21)17-10-13-6-8-16(9-7-13)11-18(12-16)14(19)22-15(2,3)4/h13,17H,5-12H2,1-4H3. The Morgan fingerprint density at radius 3 is 2.30 bits per heavy atom. The monoisotopic (exact) mass is 346 g/mol. The third kappa shape index (κ3) is 5.08. The summed E-state index contributed by atoms with van der Waals surface area (Å²) >= 11 is 0. The molecule has 1 saturated heterocycles. The van der Waals surface area contributed by atoms with Crippen molar-refractivity contribution in [2.24, 2.45) is 11.3 Å². The third-order valence-electron chi connectivity index (χ3n) is 4.84. The van der Waals surface area contributed by atoms with E-state index in [9.17, 15) is 13.2 Å². The van der Waals surface area contributed by atoms with Crippen LogP contribution in [-0.2, 0) is 14.8 Å². The van der Waals surface area contributed by atoms with Gasteiger partial charge < -0.3 is 9.64 Å². The fourth-order valence-corrected chi connectivity index (χ4v) is 4.07. The van der Waals surface area contributed by atoms with Crippen molar-refractivity contribution < 1.29 is 17.9 Å². The first-order chi connectivity index (χ1) is 10.5. The molecule has 2 rings (SSSR count). The highest BCUT2D eigenvalue weighted by Gasteiger charge is 2.47. The molecule has 1 aliphatic heterocycles. The summed E-state index contributed by atoms with van der Waals surface area (Å²) in [5, 5.41) is 0. The van der Waals surface area contributed by atoms with Gasteiger partial charge in [0.2, 0.25) is 10.0 Å². The average Bonchev–Trinajstić information content (AvgIpc) is 2.41. The maximum absolute atomic E-state index is 12.0. The molecule has 0 bridgehead atoms. The summed E-state index contributed by atoms with van der Waals surface area (Å²) in [7, 11) is -3.10. The van der Waals surface area contributed by atoms with Gasteiger partial charge in [0.15, 0.2) is 0 Å². The highest BCUT2D eigenvalue weighted by Crippen LogP contribution is 2.45. The first-order valence-corrected chi connectivity index (χ1v) is 10.1. The highest BCUT2D eigenvalue weighted by molar-refractivity contribution is 7.89. The zero-order valence-corrected chi connectivity index (χ0v) is 15.5. The SMILES string of the molecule is CCS(=O)(=O)NCC1CCC2(CC1)CN(C(=O)OC(C)(C)C)C2. The average molecular weight is 346 g/mol. The molecule has 0 aromatic rings. The van der Waals surface area contributed by atoms with Crippen molar-refractivity contribution in [2.75, 3.05) is 25.4 Å². The van der Waals surface area contributed by atoms with Gasteiger partial charge >= 0.3 is 6.09 Å². The summed E-state index contributed by atoms with van der Waals surface area (Å²) in [5.74, 6) is 0.548. The highest BCUT2D eigenvalue weighted by atomic mass is 32.2. The molecule has 0 aromatic heterocycles. The Bertz CT molecular complexity index is 523. The maximum Gasteiger partial charge on any atom is 0.410 e. The van der Waals surface area contributed by atoms with Gasteiger partial charge in [0.05, 0.1) is 5.75 Å². The molecule has 1 N–H and O–H groups in total. The molecule has 1 saturated carbocycles. The second kappa shape index (κ2) is 6.59. The van der Waals surface area contributed by atoms with Crippen molar-refractivity contribution in [3.05, 3.63) is 0 Å². The number of hydrogen-bond acceptors (Lipinski definition) is 4. The summed E-state index contributed by atoms with van der Waals surface area (Å²) in [6.45, 7) is 9.37. The Labute approximate surface area is 140 Å². The summed E-state index contributed by atoms with van der Waals surface area (Å²) in [5.41, 5.74) is -0.217. The van der Waals surface area contributed by atoms with E-state index < -0.39 is 15.6 Å². The van der Waals surface area contributed by atoms with E-state index in [1.54, 1.807) is 11.8 Å². The second-order valence-electron chi connectivity index (χ2n) is 8.03. The third-order valence-corrected chi connectivity index (χ3v) is 6.21. The van der Waals surface area contributed by atoms with Crippen molar-refractivity contribution >= 4 is 16.1 Å². The van der Waals surface area contributed by atoms with E-state index in [1.165, 1.54) is 0 Å². The second-order valence-corrected chi connectivity index (χ2v) is 10.1. The van der Waals surface area contributed by atoms with Crippen LogP contribution in [0.4, 0.5) is 4.79 Å². The van der Waals surface area contributed by atoms with Gasteiger partial charge in [0.1, 0.15) is 5.60 Å². The van der Waals surface area contributed by atoms with Gasteiger partial charge in [-0.1, -0.05) is 0 Å². The zero-order valence-electron chi connectivity index (χ0n) is 14.7. The van der Waals surface area contributed by atoms with Gasteiger partial charge in [-0.3, -0.25) is 0 Å². The smallest absolute Gasteiger partial charge is 0.410 e. The molecular weight excluding hydrogens is 316 g/mol. The number of nitrogens with one attached hydrogen (secondary N) is 1. The maximum atomic E-state index is 12.0. The molecule has 0 unspecified atom stereocenters. The number of carbonyl (C=O) groups excluding carboxylic acids is 1. The minimum Gasteiger partial charge on any atom is -0.444 e. The fraction of sp³-hybridized carbons (Fsp3) is 0.938. The van der Waals surface area contributed by atoms with E-state index in [4.69, 9.17) is 4.74 Å². The number of sulfonamides is 1. The molecule has 1 aliphatic carbocycles. The lowest BCUT2D eigenvalue weighted by atomic mass is 9.66. The molecule has 0 radical (unpaired) electrons. The number of ether oxygens (including phenoxy) is 1. The van der Waals surface area contributed by atoms with Crippen LogP contribution in [0.5, 0.6) is 0 Å². The van der Waals surface area contributed by atoms with Gasteiger partial charge in [-0.25, -0.2) is 17.9 Å². The molecule has 0 aromatic carbocycles.